The zero-order valence-electron chi connectivity index (χ0n) is 12.8. The fourth-order valence-corrected chi connectivity index (χ4v) is 3.47. The van der Waals surface area contributed by atoms with Gasteiger partial charge in [0.2, 0.25) is 0 Å². The Morgan fingerprint density at radius 3 is 2.50 bits per heavy atom. The van der Waals surface area contributed by atoms with Crippen molar-refractivity contribution >= 4 is 22.9 Å². The molecule has 4 nitrogen and oxygen atoms in total. The molecule has 0 aliphatic heterocycles. The van der Waals surface area contributed by atoms with E-state index in [1.807, 2.05) is 71.6 Å². The molecule has 2 heterocycles. The topological polar surface area (TPSA) is 43.6 Å². The zero-order valence-corrected chi connectivity index (χ0v) is 14.4. The lowest BCUT2D eigenvalue weighted by molar-refractivity contribution is 0.785. The van der Waals surface area contributed by atoms with Gasteiger partial charge in [0.05, 0.1) is 17.1 Å². The molecular formula is C18H13ClN4S. The fourth-order valence-electron chi connectivity index (χ4n) is 2.48. The van der Waals surface area contributed by atoms with Crippen LogP contribution in [0.4, 0.5) is 0 Å². The Labute approximate surface area is 148 Å². The van der Waals surface area contributed by atoms with Crippen molar-refractivity contribution in [2.24, 2.45) is 0 Å². The summed E-state index contributed by atoms with van der Waals surface area (Å²) in [5.74, 6) is 0. The molecule has 0 saturated heterocycles. The van der Waals surface area contributed by atoms with Gasteiger partial charge in [-0.05, 0) is 31.2 Å². The van der Waals surface area contributed by atoms with Crippen molar-refractivity contribution in [3.05, 3.63) is 70.7 Å². The summed E-state index contributed by atoms with van der Waals surface area (Å²) in [5, 5.41) is 12.2. The molecule has 0 aliphatic carbocycles. The van der Waals surface area contributed by atoms with E-state index in [-0.39, 0.29) is 0 Å². The third kappa shape index (κ3) is 2.72. The summed E-state index contributed by atoms with van der Waals surface area (Å²) >= 11 is 7.51. The molecule has 2 aromatic heterocycles. The Morgan fingerprint density at radius 2 is 1.75 bits per heavy atom. The summed E-state index contributed by atoms with van der Waals surface area (Å²) in [5.41, 5.74) is 4.72. The smallest absolute Gasteiger partial charge is 0.146 e. The first kappa shape index (κ1) is 15.1. The summed E-state index contributed by atoms with van der Waals surface area (Å²) < 4.78 is 1.83. The third-order valence-electron chi connectivity index (χ3n) is 3.74. The second-order valence-electron chi connectivity index (χ2n) is 5.32. The number of thiazole rings is 1. The van der Waals surface area contributed by atoms with Crippen LogP contribution < -0.4 is 0 Å². The Morgan fingerprint density at radius 1 is 1.00 bits per heavy atom. The molecule has 4 rings (SSSR count). The van der Waals surface area contributed by atoms with Crippen LogP contribution in [0, 0.1) is 6.92 Å². The van der Waals surface area contributed by atoms with Gasteiger partial charge in [0.1, 0.15) is 10.7 Å². The predicted molar refractivity (Wildman–Crippen MR) is 97.7 cm³/mol. The summed E-state index contributed by atoms with van der Waals surface area (Å²) in [6.45, 7) is 2.01. The maximum absolute atomic E-state index is 5.94. The van der Waals surface area contributed by atoms with Gasteiger partial charge in [-0.3, -0.25) is 0 Å². The number of para-hydroxylation sites is 1. The number of halogens is 1. The molecule has 0 aliphatic rings. The van der Waals surface area contributed by atoms with Gasteiger partial charge in [-0.2, -0.15) is 0 Å². The summed E-state index contributed by atoms with van der Waals surface area (Å²) in [7, 11) is 0. The van der Waals surface area contributed by atoms with Crippen molar-refractivity contribution in [3.8, 4) is 27.6 Å². The van der Waals surface area contributed by atoms with Gasteiger partial charge in [-0.25, -0.2) is 9.67 Å². The SMILES string of the molecule is Cc1c(-c2nc(-c3ccc(Cl)cc3)cs2)nnn1-c1ccccc1. The van der Waals surface area contributed by atoms with Crippen molar-refractivity contribution in [2.45, 2.75) is 6.92 Å². The normalized spacial score (nSPS) is 10.9. The zero-order chi connectivity index (χ0) is 16.5. The van der Waals surface area contributed by atoms with Crippen molar-refractivity contribution in [1.82, 2.24) is 20.0 Å². The highest BCUT2D eigenvalue weighted by atomic mass is 35.5. The molecule has 0 fully saturated rings. The van der Waals surface area contributed by atoms with Crippen LogP contribution >= 0.6 is 22.9 Å². The average Bonchev–Trinajstić information content (AvgIpc) is 3.23. The molecule has 4 aromatic rings. The van der Waals surface area contributed by atoms with Crippen LogP contribution in [-0.2, 0) is 0 Å². The quantitative estimate of drug-likeness (QED) is 0.520. The van der Waals surface area contributed by atoms with E-state index in [9.17, 15) is 0 Å². The lowest BCUT2D eigenvalue weighted by Crippen LogP contribution is -1.98. The molecule has 6 heteroatoms. The Bertz CT molecular complexity index is 974. The van der Waals surface area contributed by atoms with E-state index in [2.05, 4.69) is 10.3 Å². The van der Waals surface area contributed by atoms with E-state index < -0.39 is 0 Å². The highest BCUT2D eigenvalue weighted by molar-refractivity contribution is 7.13. The third-order valence-corrected chi connectivity index (χ3v) is 4.84. The van der Waals surface area contributed by atoms with E-state index in [4.69, 9.17) is 16.6 Å². The predicted octanol–water partition coefficient (Wildman–Crippen LogP) is 5.02. The van der Waals surface area contributed by atoms with Crippen LogP contribution in [0.25, 0.3) is 27.6 Å². The van der Waals surface area contributed by atoms with E-state index in [1.165, 1.54) is 0 Å². The molecule has 0 radical (unpaired) electrons. The molecule has 0 amide bonds. The molecule has 2 aromatic carbocycles. The Kier molecular flexibility index (Phi) is 3.88. The Balaban J connectivity index is 1.71. The van der Waals surface area contributed by atoms with E-state index in [1.54, 1.807) is 11.3 Å². The summed E-state index contributed by atoms with van der Waals surface area (Å²) in [6.07, 6.45) is 0. The van der Waals surface area contributed by atoms with E-state index >= 15 is 0 Å². The van der Waals surface area contributed by atoms with Gasteiger partial charge >= 0.3 is 0 Å². The van der Waals surface area contributed by atoms with Gasteiger partial charge in [0.15, 0.2) is 0 Å². The standard InChI is InChI=1S/C18H13ClN4S/c1-12-17(21-22-23(12)15-5-3-2-4-6-15)18-20-16(11-24-18)13-7-9-14(19)10-8-13/h2-11H,1H3. The highest BCUT2D eigenvalue weighted by Gasteiger charge is 2.15. The molecule has 0 N–H and O–H groups in total. The number of hydrogen-bond donors (Lipinski definition) is 0. The largest absolute Gasteiger partial charge is 0.234 e. The fraction of sp³-hybridized carbons (Fsp3) is 0.0556. The summed E-state index contributed by atoms with van der Waals surface area (Å²) in [4.78, 5) is 4.71. The van der Waals surface area contributed by atoms with E-state index in [0.29, 0.717) is 0 Å². The monoisotopic (exact) mass is 352 g/mol. The molecule has 0 atom stereocenters. The average molecular weight is 353 g/mol. The second kappa shape index (κ2) is 6.19. The lowest BCUT2D eigenvalue weighted by Gasteiger charge is -2.02. The summed E-state index contributed by atoms with van der Waals surface area (Å²) in [6, 6.07) is 17.6. The van der Waals surface area contributed by atoms with Crippen LogP contribution in [0.15, 0.2) is 60.0 Å². The van der Waals surface area contributed by atoms with Crippen molar-refractivity contribution in [3.63, 3.8) is 0 Å². The number of hydrogen-bond acceptors (Lipinski definition) is 4. The van der Waals surface area contributed by atoms with Gasteiger partial charge < -0.3 is 0 Å². The van der Waals surface area contributed by atoms with Gasteiger partial charge in [0.25, 0.3) is 0 Å². The Hall–Kier alpha value is -2.50. The number of aromatic nitrogens is 4. The van der Waals surface area contributed by atoms with Gasteiger partial charge in [-0.1, -0.05) is 47.1 Å². The molecule has 0 unspecified atom stereocenters. The van der Waals surface area contributed by atoms with E-state index in [0.717, 1.165) is 38.4 Å². The molecule has 118 valence electrons. The second-order valence-corrected chi connectivity index (χ2v) is 6.61. The number of rotatable bonds is 3. The van der Waals surface area contributed by atoms with Crippen LogP contribution in [0.3, 0.4) is 0 Å². The van der Waals surface area contributed by atoms with Crippen molar-refractivity contribution in [2.75, 3.05) is 0 Å². The van der Waals surface area contributed by atoms with Crippen LogP contribution in [-0.4, -0.2) is 20.0 Å². The number of benzene rings is 2. The molecule has 0 saturated carbocycles. The van der Waals surface area contributed by atoms with Gasteiger partial charge in [-0.15, -0.1) is 16.4 Å². The minimum absolute atomic E-state index is 0.718. The van der Waals surface area contributed by atoms with Crippen molar-refractivity contribution in [1.29, 1.82) is 0 Å². The maximum atomic E-state index is 5.94. The molecule has 24 heavy (non-hydrogen) atoms. The molecule has 0 bridgehead atoms. The minimum atomic E-state index is 0.718. The van der Waals surface area contributed by atoms with Crippen molar-refractivity contribution < 1.29 is 0 Å². The number of nitrogens with zero attached hydrogens (tertiary/aromatic N) is 4. The van der Waals surface area contributed by atoms with Crippen LogP contribution in [0.2, 0.25) is 5.02 Å². The minimum Gasteiger partial charge on any atom is -0.234 e. The lowest BCUT2D eigenvalue weighted by atomic mass is 10.2. The molecule has 0 spiro atoms. The van der Waals surface area contributed by atoms with Gasteiger partial charge in [0, 0.05) is 16.0 Å². The first-order valence-electron chi connectivity index (χ1n) is 7.42. The first-order valence-corrected chi connectivity index (χ1v) is 8.68. The van der Waals surface area contributed by atoms with Crippen LogP contribution in [0.5, 0.6) is 0 Å². The van der Waals surface area contributed by atoms with Crippen LogP contribution in [0.1, 0.15) is 5.69 Å². The molecular weight excluding hydrogens is 340 g/mol. The maximum Gasteiger partial charge on any atom is 0.146 e. The highest BCUT2D eigenvalue weighted by Crippen LogP contribution is 2.30. The first-order chi connectivity index (χ1) is 11.7.